The molecule has 4 rings (SSSR count). The van der Waals surface area contributed by atoms with Crippen LogP contribution in [-0.2, 0) is 13.1 Å². The molecule has 0 unspecified atom stereocenters. The molecular formula is C19H17ClN4. The van der Waals surface area contributed by atoms with Gasteiger partial charge in [-0.15, -0.1) is 0 Å². The van der Waals surface area contributed by atoms with Crippen LogP contribution < -0.4 is 0 Å². The zero-order valence-electron chi connectivity index (χ0n) is 13.4. The Morgan fingerprint density at radius 3 is 2.79 bits per heavy atom. The van der Waals surface area contributed by atoms with Gasteiger partial charge in [-0.3, -0.25) is 0 Å². The summed E-state index contributed by atoms with van der Waals surface area (Å²) >= 11 is 6.12. The second-order valence-corrected chi connectivity index (χ2v) is 6.09. The normalized spacial score (nSPS) is 11.2. The number of imidazole rings is 2. The molecule has 0 atom stereocenters. The minimum absolute atomic E-state index is 0.671. The van der Waals surface area contributed by atoms with Crippen LogP contribution in [0.1, 0.15) is 12.7 Å². The number of aromatic nitrogens is 4. The van der Waals surface area contributed by atoms with Crippen molar-refractivity contribution in [2.75, 3.05) is 0 Å². The Hall–Kier alpha value is -2.59. The molecule has 2 aromatic heterocycles. The zero-order chi connectivity index (χ0) is 16.5. The van der Waals surface area contributed by atoms with Gasteiger partial charge in [0.05, 0.1) is 17.6 Å². The topological polar surface area (TPSA) is 35.6 Å². The molecule has 4 aromatic rings. The third kappa shape index (κ3) is 2.59. The summed E-state index contributed by atoms with van der Waals surface area (Å²) < 4.78 is 4.36. The quantitative estimate of drug-likeness (QED) is 0.545. The number of fused-ring (bicyclic) bond motifs is 1. The number of para-hydroxylation sites is 2. The van der Waals surface area contributed by atoms with E-state index < -0.39 is 0 Å². The Morgan fingerprint density at radius 1 is 1.08 bits per heavy atom. The van der Waals surface area contributed by atoms with Crippen LogP contribution in [0, 0.1) is 0 Å². The first-order valence-electron chi connectivity index (χ1n) is 7.97. The smallest absolute Gasteiger partial charge is 0.140 e. The largest absolute Gasteiger partial charge is 0.327 e. The minimum Gasteiger partial charge on any atom is -0.327 e. The van der Waals surface area contributed by atoms with E-state index in [1.165, 1.54) is 5.52 Å². The van der Waals surface area contributed by atoms with Crippen molar-refractivity contribution in [3.63, 3.8) is 0 Å². The number of halogens is 1. The van der Waals surface area contributed by atoms with E-state index >= 15 is 0 Å². The fraction of sp³-hybridized carbons (Fsp3) is 0.158. The van der Waals surface area contributed by atoms with Gasteiger partial charge in [0.1, 0.15) is 11.6 Å². The average molecular weight is 337 g/mol. The van der Waals surface area contributed by atoms with Gasteiger partial charge in [0, 0.05) is 29.5 Å². The highest BCUT2D eigenvalue weighted by Crippen LogP contribution is 2.23. The van der Waals surface area contributed by atoms with Gasteiger partial charge in [-0.05, 0) is 31.2 Å². The van der Waals surface area contributed by atoms with Gasteiger partial charge in [-0.2, -0.15) is 0 Å². The summed E-state index contributed by atoms with van der Waals surface area (Å²) in [6.45, 7) is 3.70. The van der Waals surface area contributed by atoms with Crippen LogP contribution in [0.15, 0.2) is 60.9 Å². The summed E-state index contributed by atoms with van der Waals surface area (Å²) in [6, 6.07) is 16.0. The molecule has 120 valence electrons. The van der Waals surface area contributed by atoms with Gasteiger partial charge in [0.15, 0.2) is 0 Å². The summed E-state index contributed by atoms with van der Waals surface area (Å²) in [5.41, 5.74) is 3.20. The van der Waals surface area contributed by atoms with Crippen LogP contribution in [0.4, 0.5) is 0 Å². The van der Waals surface area contributed by atoms with Gasteiger partial charge in [0.25, 0.3) is 0 Å². The van der Waals surface area contributed by atoms with E-state index in [1.54, 1.807) is 0 Å². The van der Waals surface area contributed by atoms with Crippen molar-refractivity contribution < 1.29 is 0 Å². The van der Waals surface area contributed by atoms with Gasteiger partial charge in [0.2, 0.25) is 0 Å². The molecule has 0 N–H and O–H groups in total. The molecule has 0 spiro atoms. The number of hydrogen-bond acceptors (Lipinski definition) is 2. The van der Waals surface area contributed by atoms with Crippen LogP contribution in [0.5, 0.6) is 0 Å². The van der Waals surface area contributed by atoms with Crippen LogP contribution in [0.2, 0.25) is 5.02 Å². The third-order valence-electron chi connectivity index (χ3n) is 4.16. The SMILES string of the molecule is CCn1c(Cn2ccnc2-c2cccc(Cl)c2)nc2ccccc21. The Kier molecular flexibility index (Phi) is 3.82. The van der Waals surface area contributed by atoms with E-state index in [1.807, 2.05) is 42.7 Å². The molecule has 2 aromatic carbocycles. The summed E-state index contributed by atoms with van der Waals surface area (Å²) in [7, 11) is 0. The third-order valence-corrected chi connectivity index (χ3v) is 4.39. The first-order valence-corrected chi connectivity index (χ1v) is 8.35. The highest BCUT2D eigenvalue weighted by molar-refractivity contribution is 6.30. The van der Waals surface area contributed by atoms with Crippen molar-refractivity contribution in [2.24, 2.45) is 0 Å². The molecule has 0 saturated heterocycles. The van der Waals surface area contributed by atoms with E-state index in [9.17, 15) is 0 Å². The molecular weight excluding hydrogens is 320 g/mol. The molecule has 0 radical (unpaired) electrons. The molecule has 2 heterocycles. The Morgan fingerprint density at radius 2 is 1.96 bits per heavy atom. The fourth-order valence-corrected chi connectivity index (χ4v) is 3.27. The molecule has 0 amide bonds. The zero-order valence-corrected chi connectivity index (χ0v) is 14.1. The van der Waals surface area contributed by atoms with Gasteiger partial charge < -0.3 is 9.13 Å². The summed E-state index contributed by atoms with van der Waals surface area (Å²) in [4.78, 5) is 9.30. The molecule has 0 bridgehead atoms. The highest BCUT2D eigenvalue weighted by atomic mass is 35.5. The van der Waals surface area contributed by atoms with E-state index in [4.69, 9.17) is 16.6 Å². The Balaban J connectivity index is 1.76. The summed E-state index contributed by atoms with van der Waals surface area (Å²) in [5, 5.41) is 0.711. The lowest BCUT2D eigenvalue weighted by atomic mass is 10.2. The van der Waals surface area contributed by atoms with Crippen LogP contribution >= 0.6 is 11.6 Å². The van der Waals surface area contributed by atoms with Crippen LogP contribution in [-0.4, -0.2) is 19.1 Å². The molecule has 0 aliphatic heterocycles. The lowest BCUT2D eigenvalue weighted by Crippen LogP contribution is -2.08. The molecule has 0 aliphatic carbocycles. The van der Waals surface area contributed by atoms with Crippen molar-refractivity contribution in [3.05, 3.63) is 71.8 Å². The maximum absolute atomic E-state index is 6.12. The number of rotatable bonds is 4. The average Bonchev–Trinajstić information content (AvgIpc) is 3.19. The fourth-order valence-electron chi connectivity index (χ4n) is 3.08. The lowest BCUT2D eigenvalue weighted by Gasteiger charge is -2.10. The number of nitrogens with zero attached hydrogens (tertiary/aromatic N) is 4. The van der Waals surface area contributed by atoms with Crippen LogP contribution in [0.3, 0.4) is 0 Å². The first kappa shape index (κ1) is 15.0. The predicted molar refractivity (Wildman–Crippen MR) is 97.2 cm³/mol. The van der Waals surface area contributed by atoms with E-state index in [-0.39, 0.29) is 0 Å². The number of aryl methyl sites for hydroxylation is 1. The minimum atomic E-state index is 0.671. The Bertz CT molecular complexity index is 999. The predicted octanol–water partition coefficient (Wildman–Crippen LogP) is 4.62. The molecule has 5 heteroatoms. The van der Waals surface area contributed by atoms with Gasteiger partial charge in [-0.25, -0.2) is 9.97 Å². The number of benzene rings is 2. The van der Waals surface area contributed by atoms with Crippen molar-refractivity contribution in [1.82, 2.24) is 19.1 Å². The molecule has 0 saturated carbocycles. The van der Waals surface area contributed by atoms with Gasteiger partial charge >= 0.3 is 0 Å². The highest BCUT2D eigenvalue weighted by Gasteiger charge is 2.12. The maximum Gasteiger partial charge on any atom is 0.140 e. The summed E-state index contributed by atoms with van der Waals surface area (Å²) in [6.07, 6.45) is 3.80. The van der Waals surface area contributed by atoms with E-state index in [0.29, 0.717) is 11.6 Å². The molecule has 4 nitrogen and oxygen atoms in total. The summed E-state index contributed by atoms with van der Waals surface area (Å²) in [5.74, 6) is 1.92. The van der Waals surface area contributed by atoms with Crippen molar-refractivity contribution in [2.45, 2.75) is 20.0 Å². The second kappa shape index (κ2) is 6.13. The molecule has 0 fully saturated rings. The van der Waals surface area contributed by atoms with Crippen molar-refractivity contribution >= 4 is 22.6 Å². The number of hydrogen-bond donors (Lipinski definition) is 0. The standard InChI is InChI=1S/C19H17ClN4/c1-2-24-17-9-4-3-8-16(17)22-18(24)13-23-11-10-21-19(23)14-6-5-7-15(20)12-14/h3-12H,2,13H2,1H3. The van der Waals surface area contributed by atoms with Crippen LogP contribution in [0.25, 0.3) is 22.4 Å². The van der Waals surface area contributed by atoms with E-state index in [0.717, 1.165) is 29.3 Å². The molecule has 24 heavy (non-hydrogen) atoms. The van der Waals surface area contributed by atoms with E-state index in [2.05, 4.69) is 39.2 Å². The lowest BCUT2D eigenvalue weighted by molar-refractivity contribution is 0.667. The molecule has 0 aliphatic rings. The second-order valence-electron chi connectivity index (χ2n) is 5.65. The van der Waals surface area contributed by atoms with Crippen molar-refractivity contribution in [1.29, 1.82) is 0 Å². The maximum atomic E-state index is 6.12. The van der Waals surface area contributed by atoms with Crippen molar-refractivity contribution in [3.8, 4) is 11.4 Å². The first-order chi connectivity index (χ1) is 11.8. The van der Waals surface area contributed by atoms with Gasteiger partial charge in [-0.1, -0.05) is 35.9 Å². The Labute approximate surface area is 145 Å². The monoisotopic (exact) mass is 336 g/mol.